The Hall–Kier alpha value is -2.33. The first-order valence-corrected chi connectivity index (χ1v) is 8.34. The van der Waals surface area contributed by atoms with E-state index in [0.29, 0.717) is 17.3 Å². The van der Waals surface area contributed by atoms with Crippen LogP contribution in [-0.2, 0) is 16.0 Å². The lowest BCUT2D eigenvalue weighted by molar-refractivity contribution is -0.136. The molecule has 0 saturated carbocycles. The average Bonchev–Trinajstić information content (AvgIpc) is 2.59. The maximum absolute atomic E-state index is 11.9. The highest BCUT2D eigenvalue weighted by atomic mass is 35.5. The summed E-state index contributed by atoms with van der Waals surface area (Å²) < 4.78 is 0. The zero-order chi connectivity index (χ0) is 17.4. The molecule has 5 heteroatoms. The second-order valence-corrected chi connectivity index (χ2v) is 5.97. The Bertz CT molecular complexity index is 702. The van der Waals surface area contributed by atoms with Gasteiger partial charge in [-0.2, -0.15) is 0 Å². The minimum atomic E-state index is -0.677. The molecule has 0 radical (unpaired) electrons. The van der Waals surface area contributed by atoms with Gasteiger partial charge in [-0.15, -0.1) is 0 Å². The van der Waals surface area contributed by atoms with Crippen LogP contribution in [0.5, 0.6) is 0 Å². The number of halogens is 1. The van der Waals surface area contributed by atoms with E-state index in [4.69, 9.17) is 11.6 Å². The third kappa shape index (κ3) is 5.39. The zero-order valence-electron chi connectivity index (χ0n) is 13.6. The second kappa shape index (κ2) is 9.08. The molecule has 0 unspecified atom stereocenters. The van der Waals surface area contributed by atoms with Crippen LogP contribution in [-0.4, -0.2) is 18.4 Å². The molecule has 126 valence electrons. The molecule has 0 saturated heterocycles. The van der Waals surface area contributed by atoms with Crippen LogP contribution in [0, 0.1) is 6.92 Å². The average molecular weight is 345 g/mol. The molecule has 0 aliphatic carbocycles. The number of hydrogen-bond acceptors (Lipinski definition) is 2. The molecular formula is C19H21ClN2O2. The fourth-order valence-corrected chi connectivity index (χ4v) is 2.48. The van der Waals surface area contributed by atoms with Gasteiger partial charge in [0.1, 0.15) is 0 Å². The highest BCUT2D eigenvalue weighted by Crippen LogP contribution is 2.22. The molecule has 0 bridgehead atoms. The molecule has 0 aliphatic heterocycles. The fourth-order valence-electron chi connectivity index (χ4n) is 2.30. The molecule has 0 aromatic heterocycles. The van der Waals surface area contributed by atoms with Gasteiger partial charge in [0, 0.05) is 17.3 Å². The molecule has 2 aromatic rings. The van der Waals surface area contributed by atoms with E-state index in [9.17, 15) is 9.59 Å². The standard InChI is InChI=1S/C19H21ClN2O2/c1-14-16(20)11-7-12-17(14)22-19(24)18(23)21-13-6-5-10-15-8-3-2-4-9-15/h2-4,7-9,11-12H,5-6,10,13H2,1H3,(H,21,23)(H,22,24). The number of unbranched alkanes of at least 4 members (excludes halogenated alkanes) is 1. The molecule has 2 aromatic carbocycles. The van der Waals surface area contributed by atoms with Gasteiger partial charge in [-0.3, -0.25) is 9.59 Å². The molecule has 2 amide bonds. The predicted octanol–water partition coefficient (Wildman–Crippen LogP) is 3.73. The highest BCUT2D eigenvalue weighted by molar-refractivity contribution is 6.40. The van der Waals surface area contributed by atoms with Crippen molar-refractivity contribution in [3.8, 4) is 0 Å². The van der Waals surface area contributed by atoms with Gasteiger partial charge in [0.05, 0.1) is 0 Å². The van der Waals surface area contributed by atoms with Crippen LogP contribution in [0.4, 0.5) is 5.69 Å². The number of benzene rings is 2. The van der Waals surface area contributed by atoms with Crippen LogP contribution in [0.15, 0.2) is 48.5 Å². The molecule has 2 N–H and O–H groups in total. The van der Waals surface area contributed by atoms with E-state index in [1.807, 2.05) is 18.2 Å². The Labute approximate surface area is 147 Å². The van der Waals surface area contributed by atoms with Crippen LogP contribution >= 0.6 is 11.6 Å². The molecule has 0 atom stereocenters. The predicted molar refractivity (Wildman–Crippen MR) is 97.2 cm³/mol. The first-order valence-electron chi connectivity index (χ1n) is 7.96. The van der Waals surface area contributed by atoms with Crippen LogP contribution in [0.1, 0.15) is 24.0 Å². The molecule has 2 rings (SSSR count). The van der Waals surface area contributed by atoms with Crippen LogP contribution in [0.3, 0.4) is 0 Å². The number of amides is 2. The molecule has 0 spiro atoms. The van der Waals surface area contributed by atoms with Crippen molar-refractivity contribution in [2.75, 3.05) is 11.9 Å². The van der Waals surface area contributed by atoms with E-state index in [-0.39, 0.29) is 0 Å². The third-order valence-corrected chi connectivity index (χ3v) is 4.15. The van der Waals surface area contributed by atoms with Crippen molar-refractivity contribution in [2.24, 2.45) is 0 Å². The maximum atomic E-state index is 11.9. The first-order chi connectivity index (χ1) is 11.6. The number of aryl methyl sites for hydroxylation is 1. The lowest BCUT2D eigenvalue weighted by Gasteiger charge is -2.09. The van der Waals surface area contributed by atoms with Gasteiger partial charge in [0.25, 0.3) is 0 Å². The van der Waals surface area contributed by atoms with Crippen molar-refractivity contribution in [1.82, 2.24) is 5.32 Å². The number of rotatable bonds is 6. The Balaban J connectivity index is 1.70. The van der Waals surface area contributed by atoms with Crippen LogP contribution in [0.25, 0.3) is 0 Å². The second-order valence-electron chi connectivity index (χ2n) is 5.57. The van der Waals surface area contributed by atoms with Crippen LogP contribution < -0.4 is 10.6 Å². The summed E-state index contributed by atoms with van der Waals surface area (Å²) in [6.07, 6.45) is 2.74. The Morgan fingerprint density at radius 2 is 1.71 bits per heavy atom. The number of hydrogen-bond donors (Lipinski definition) is 2. The molecular weight excluding hydrogens is 324 g/mol. The van der Waals surface area contributed by atoms with E-state index in [1.165, 1.54) is 5.56 Å². The minimum absolute atomic E-state index is 0.480. The quantitative estimate of drug-likeness (QED) is 0.619. The van der Waals surface area contributed by atoms with Crippen molar-refractivity contribution in [3.63, 3.8) is 0 Å². The van der Waals surface area contributed by atoms with Gasteiger partial charge in [-0.25, -0.2) is 0 Å². The van der Waals surface area contributed by atoms with Crippen molar-refractivity contribution in [2.45, 2.75) is 26.2 Å². The van der Waals surface area contributed by atoms with Crippen molar-refractivity contribution in [3.05, 3.63) is 64.7 Å². The fraction of sp³-hybridized carbons (Fsp3) is 0.263. The molecule has 0 fully saturated rings. The van der Waals surface area contributed by atoms with Gasteiger partial charge in [-0.1, -0.05) is 48.0 Å². The van der Waals surface area contributed by atoms with E-state index >= 15 is 0 Å². The Kier molecular flexibility index (Phi) is 6.82. The van der Waals surface area contributed by atoms with Gasteiger partial charge < -0.3 is 10.6 Å². The van der Waals surface area contributed by atoms with Crippen molar-refractivity contribution in [1.29, 1.82) is 0 Å². The summed E-state index contributed by atoms with van der Waals surface area (Å²) in [5.74, 6) is -1.31. The summed E-state index contributed by atoms with van der Waals surface area (Å²) >= 11 is 5.99. The lowest BCUT2D eigenvalue weighted by Crippen LogP contribution is -2.36. The normalized spacial score (nSPS) is 10.2. The molecule has 24 heavy (non-hydrogen) atoms. The number of anilines is 1. The van der Waals surface area contributed by atoms with Gasteiger partial charge in [-0.05, 0) is 49.4 Å². The first kappa shape index (κ1) is 18.0. The van der Waals surface area contributed by atoms with Crippen molar-refractivity contribution < 1.29 is 9.59 Å². The van der Waals surface area contributed by atoms with E-state index in [1.54, 1.807) is 25.1 Å². The van der Waals surface area contributed by atoms with Gasteiger partial charge in [0.2, 0.25) is 0 Å². The zero-order valence-corrected chi connectivity index (χ0v) is 14.4. The SMILES string of the molecule is Cc1c(Cl)cccc1NC(=O)C(=O)NCCCCc1ccccc1. The Morgan fingerprint density at radius 1 is 0.958 bits per heavy atom. The highest BCUT2D eigenvalue weighted by Gasteiger charge is 2.14. The van der Waals surface area contributed by atoms with Gasteiger partial charge >= 0.3 is 11.8 Å². The minimum Gasteiger partial charge on any atom is -0.348 e. The third-order valence-electron chi connectivity index (χ3n) is 3.74. The largest absolute Gasteiger partial charge is 0.348 e. The lowest BCUT2D eigenvalue weighted by atomic mass is 10.1. The van der Waals surface area contributed by atoms with E-state index in [0.717, 1.165) is 24.8 Å². The number of carbonyl (C=O) groups is 2. The van der Waals surface area contributed by atoms with E-state index in [2.05, 4.69) is 22.8 Å². The number of nitrogens with one attached hydrogen (secondary N) is 2. The summed E-state index contributed by atoms with van der Waals surface area (Å²) in [7, 11) is 0. The van der Waals surface area contributed by atoms with Crippen molar-refractivity contribution >= 4 is 29.1 Å². The monoisotopic (exact) mass is 344 g/mol. The molecule has 0 heterocycles. The topological polar surface area (TPSA) is 58.2 Å². The number of carbonyl (C=O) groups excluding carboxylic acids is 2. The summed E-state index contributed by atoms with van der Waals surface area (Å²) in [5.41, 5.74) is 2.56. The summed E-state index contributed by atoms with van der Waals surface area (Å²) in [6, 6.07) is 15.4. The summed E-state index contributed by atoms with van der Waals surface area (Å²) in [6.45, 7) is 2.27. The van der Waals surface area contributed by atoms with Gasteiger partial charge in [0.15, 0.2) is 0 Å². The maximum Gasteiger partial charge on any atom is 0.313 e. The summed E-state index contributed by atoms with van der Waals surface area (Å²) in [4.78, 5) is 23.7. The molecule has 0 aliphatic rings. The Morgan fingerprint density at radius 3 is 2.46 bits per heavy atom. The van der Waals surface area contributed by atoms with Crippen LogP contribution in [0.2, 0.25) is 5.02 Å². The molecule has 4 nitrogen and oxygen atoms in total. The summed E-state index contributed by atoms with van der Waals surface area (Å²) in [5, 5.41) is 5.77. The van der Waals surface area contributed by atoms with E-state index < -0.39 is 11.8 Å². The smallest absolute Gasteiger partial charge is 0.313 e.